The molecule has 0 unspecified atom stereocenters. The Hall–Kier alpha value is -5.14. The van der Waals surface area contributed by atoms with Crippen molar-refractivity contribution in [1.29, 1.82) is 0 Å². The van der Waals surface area contributed by atoms with Crippen molar-refractivity contribution in [2.45, 2.75) is 13.3 Å². The third-order valence-electron chi connectivity index (χ3n) is 8.84. The SMILES string of the molecule is Cc1ccc(-c2c3ccccc3c(-c3ccc(N(C)c4cccc(-c5ccc6c(c5)C6)c4)cc3)c3ccccc23)cc1. The smallest absolute Gasteiger partial charge is 0.0414 e. The van der Waals surface area contributed by atoms with Gasteiger partial charge in [-0.2, -0.15) is 0 Å². The lowest BCUT2D eigenvalue weighted by atomic mass is 9.86. The second-order valence-electron chi connectivity index (χ2n) is 11.5. The van der Waals surface area contributed by atoms with Gasteiger partial charge >= 0.3 is 0 Å². The maximum Gasteiger partial charge on any atom is 0.0414 e. The van der Waals surface area contributed by atoms with Crippen LogP contribution < -0.4 is 4.90 Å². The van der Waals surface area contributed by atoms with Crippen LogP contribution in [0.3, 0.4) is 0 Å². The molecule has 0 spiro atoms. The van der Waals surface area contributed by atoms with E-state index >= 15 is 0 Å². The molecule has 0 aromatic heterocycles. The average Bonchev–Trinajstić information content (AvgIpc) is 3.83. The molecule has 0 saturated heterocycles. The lowest BCUT2D eigenvalue weighted by Crippen LogP contribution is -2.09. The topological polar surface area (TPSA) is 3.24 Å². The first kappa shape index (κ1) is 24.6. The fraction of sp³-hybridized carbons (Fsp3) is 0.0732. The first-order valence-electron chi connectivity index (χ1n) is 14.7. The molecule has 0 fully saturated rings. The summed E-state index contributed by atoms with van der Waals surface area (Å²) in [6, 6.07) is 51.4. The number of nitrogens with zero attached hydrogens (tertiary/aromatic N) is 1. The highest BCUT2D eigenvalue weighted by atomic mass is 15.1. The van der Waals surface area contributed by atoms with Gasteiger partial charge in [-0.05, 0) is 104 Å². The van der Waals surface area contributed by atoms with Gasteiger partial charge < -0.3 is 4.90 Å². The van der Waals surface area contributed by atoms with Crippen LogP contribution in [-0.2, 0) is 6.42 Å². The monoisotopic (exact) mass is 537 g/mol. The molecule has 42 heavy (non-hydrogen) atoms. The van der Waals surface area contributed by atoms with E-state index in [9.17, 15) is 0 Å². The quantitative estimate of drug-likeness (QED) is 0.197. The van der Waals surface area contributed by atoms with Gasteiger partial charge in [0.15, 0.2) is 0 Å². The van der Waals surface area contributed by atoms with Crippen LogP contribution in [0.5, 0.6) is 0 Å². The molecule has 200 valence electrons. The Bertz CT molecular complexity index is 2060. The zero-order valence-corrected chi connectivity index (χ0v) is 23.9. The highest BCUT2D eigenvalue weighted by molar-refractivity contribution is 6.21. The summed E-state index contributed by atoms with van der Waals surface area (Å²) in [5.41, 5.74) is 14.2. The van der Waals surface area contributed by atoms with Crippen molar-refractivity contribution in [2.24, 2.45) is 0 Å². The van der Waals surface area contributed by atoms with Crippen molar-refractivity contribution in [3.63, 3.8) is 0 Å². The predicted octanol–water partition coefficient (Wildman–Crippen LogP) is 11.0. The Balaban J connectivity index is 1.21. The number of hydrogen-bond donors (Lipinski definition) is 0. The molecule has 0 bridgehead atoms. The summed E-state index contributed by atoms with van der Waals surface area (Å²) >= 11 is 0. The molecule has 1 heteroatoms. The molecule has 0 heterocycles. The molecule has 0 N–H and O–H groups in total. The molecule has 7 aromatic carbocycles. The maximum atomic E-state index is 2.34. The van der Waals surface area contributed by atoms with Crippen molar-refractivity contribution in [1.82, 2.24) is 0 Å². The number of aryl methyl sites for hydroxylation is 1. The van der Waals surface area contributed by atoms with Crippen LogP contribution in [0, 0.1) is 6.92 Å². The Morgan fingerprint density at radius 1 is 0.429 bits per heavy atom. The van der Waals surface area contributed by atoms with E-state index in [1.54, 1.807) is 0 Å². The van der Waals surface area contributed by atoms with E-state index in [2.05, 4.69) is 158 Å². The Morgan fingerprint density at radius 3 is 1.52 bits per heavy atom. The largest absolute Gasteiger partial charge is 0.345 e. The van der Waals surface area contributed by atoms with Crippen LogP contribution >= 0.6 is 0 Å². The van der Waals surface area contributed by atoms with Gasteiger partial charge in [-0.25, -0.2) is 0 Å². The van der Waals surface area contributed by atoms with Gasteiger partial charge in [-0.1, -0.05) is 121 Å². The third-order valence-corrected chi connectivity index (χ3v) is 8.84. The Morgan fingerprint density at radius 2 is 0.952 bits per heavy atom. The maximum absolute atomic E-state index is 2.34. The fourth-order valence-corrected chi connectivity index (χ4v) is 6.44. The molecule has 0 amide bonds. The summed E-state index contributed by atoms with van der Waals surface area (Å²) in [4.78, 5) is 2.28. The first-order valence-corrected chi connectivity index (χ1v) is 14.7. The van der Waals surface area contributed by atoms with Crippen LogP contribution in [0.15, 0.2) is 140 Å². The second kappa shape index (κ2) is 9.75. The molecule has 0 saturated carbocycles. The highest BCUT2D eigenvalue weighted by Crippen LogP contribution is 2.44. The molecule has 1 aliphatic carbocycles. The summed E-state index contributed by atoms with van der Waals surface area (Å²) in [7, 11) is 2.15. The average molecular weight is 538 g/mol. The van der Waals surface area contributed by atoms with Crippen LogP contribution in [0.1, 0.15) is 16.7 Å². The molecular weight excluding hydrogens is 506 g/mol. The van der Waals surface area contributed by atoms with Crippen molar-refractivity contribution in [2.75, 3.05) is 11.9 Å². The number of rotatable bonds is 5. The summed E-state index contributed by atoms with van der Waals surface area (Å²) in [5, 5.41) is 5.13. The van der Waals surface area contributed by atoms with Crippen LogP contribution in [0.4, 0.5) is 11.4 Å². The number of anilines is 2. The van der Waals surface area contributed by atoms with E-state index in [0.717, 1.165) is 6.42 Å². The van der Waals surface area contributed by atoms with E-state index in [-0.39, 0.29) is 0 Å². The fourth-order valence-electron chi connectivity index (χ4n) is 6.44. The molecule has 0 aliphatic heterocycles. The predicted molar refractivity (Wildman–Crippen MR) is 180 cm³/mol. The normalized spacial score (nSPS) is 12.0. The summed E-state index contributed by atoms with van der Waals surface area (Å²) in [5.74, 6) is 0. The minimum Gasteiger partial charge on any atom is -0.345 e. The third kappa shape index (κ3) is 4.17. The lowest BCUT2D eigenvalue weighted by Gasteiger charge is -2.22. The minimum atomic E-state index is 1.14. The van der Waals surface area contributed by atoms with Gasteiger partial charge in [-0.3, -0.25) is 0 Å². The van der Waals surface area contributed by atoms with Crippen molar-refractivity contribution >= 4 is 32.9 Å². The zero-order valence-electron chi connectivity index (χ0n) is 23.9. The zero-order chi connectivity index (χ0) is 28.2. The molecule has 0 radical (unpaired) electrons. The molecule has 8 rings (SSSR count). The van der Waals surface area contributed by atoms with E-state index in [1.807, 2.05) is 0 Å². The standard InChI is InChI=1S/C41H31N/c1-27-14-16-28(17-15-27)40-36-10-3-5-12-38(36)41(39-13-6-4-11-37(39)40)29-20-22-34(23-21-29)42(2)35-9-7-8-30(26-35)31-18-19-32-25-33(32)24-31/h3-24,26H,25H2,1-2H3. The van der Waals surface area contributed by atoms with Crippen molar-refractivity contribution < 1.29 is 0 Å². The molecule has 7 aromatic rings. The van der Waals surface area contributed by atoms with E-state index in [4.69, 9.17) is 0 Å². The van der Waals surface area contributed by atoms with Gasteiger partial charge in [0, 0.05) is 18.4 Å². The summed E-state index contributed by atoms with van der Waals surface area (Å²) in [6.45, 7) is 2.15. The van der Waals surface area contributed by atoms with Crippen molar-refractivity contribution in [3.05, 3.63) is 156 Å². The molecule has 1 nitrogen and oxygen atoms in total. The highest BCUT2D eigenvalue weighted by Gasteiger charge is 2.18. The molecule has 0 atom stereocenters. The Labute approximate surface area is 247 Å². The number of hydrogen-bond acceptors (Lipinski definition) is 1. The van der Waals surface area contributed by atoms with Gasteiger partial charge in [-0.15, -0.1) is 0 Å². The number of benzene rings is 7. The van der Waals surface area contributed by atoms with Crippen LogP contribution in [0.2, 0.25) is 0 Å². The van der Waals surface area contributed by atoms with Gasteiger partial charge in [0.25, 0.3) is 0 Å². The van der Waals surface area contributed by atoms with Gasteiger partial charge in [0.2, 0.25) is 0 Å². The van der Waals surface area contributed by atoms with E-state index < -0.39 is 0 Å². The van der Waals surface area contributed by atoms with Gasteiger partial charge in [0.1, 0.15) is 0 Å². The minimum absolute atomic E-state index is 1.14. The van der Waals surface area contributed by atoms with Crippen molar-refractivity contribution in [3.8, 4) is 33.4 Å². The molecule has 1 aliphatic rings. The summed E-state index contributed by atoms with van der Waals surface area (Å²) in [6.07, 6.45) is 1.14. The van der Waals surface area contributed by atoms with Crippen LogP contribution in [0.25, 0.3) is 54.9 Å². The number of fused-ring (bicyclic) bond motifs is 3. The first-order chi connectivity index (χ1) is 20.6. The summed E-state index contributed by atoms with van der Waals surface area (Å²) < 4.78 is 0. The van der Waals surface area contributed by atoms with Gasteiger partial charge in [0.05, 0.1) is 0 Å². The Kier molecular flexibility index (Phi) is 5.72. The molecular formula is C41H31N. The van der Waals surface area contributed by atoms with E-state index in [1.165, 1.54) is 83.0 Å². The lowest BCUT2D eigenvalue weighted by molar-refractivity contribution is 1.21. The van der Waals surface area contributed by atoms with Crippen LogP contribution in [-0.4, -0.2) is 7.05 Å². The van der Waals surface area contributed by atoms with E-state index in [0.29, 0.717) is 0 Å². The second-order valence-corrected chi connectivity index (χ2v) is 11.5.